The van der Waals surface area contributed by atoms with Gasteiger partial charge in [-0.2, -0.15) is 4.39 Å². The average molecular weight is 498 g/mol. The van der Waals surface area contributed by atoms with Gasteiger partial charge >= 0.3 is 0 Å². The molecule has 1 aliphatic heterocycles. The first kappa shape index (κ1) is 24.4. The number of ether oxygens (including phenoxy) is 3. The van der Waals surface area contributed by atoms with Gasteiger partial charge in [0.25, 0.3) is 0 Å². The Labute approximate surface area is 209 Å². The van der Waals surface area contributed by atoms with Crippen LogP contribution in [0.25, 0.3) is 11.0 Å². The third-order valence-electron chi connectivity index (χ3n) is 6.60. The number of morpholine rings is 1. The summed E-state index contributed by atoms with van der Waals surface area (Å²) in [5, 5.41) is 6.19. The minimum absolute atomic E-state index is 0.0507. The van der Waals surface area contributed by atoms with Gasteiger partial charge in [0.05, 0.1) is 31.4 Å². The Hall–Kier alpha value is -3.31. The molecule has 3 heterocycles. The fourth-order valence-corrected chi connectivity index (χ4v) is 4.69. The smallest absolute Gasteiger partial charge is 0.207 e. The van der Waals surface area contributed by atoms with Crippen LogP contribution < -0.4 is 20.3 Å². The molecule has 0 atom stereocenters. The summed E-state index contributed by atoms with van der Waals surface area (Å²) in [6.45, 7) is 4.04. The zero-order valence-corrected chi connectivity index (χ0v) is 20.5. The molecule has 0 unspecified atom stereocenters. The molecule has 0 spiro atoms. The number of rotatable bonds is 9. The number of benzene rings is 1. The minimum atomic E-state index is -0.475. The van der Waals surface area contributed by atoms with E-state index in [4.69, 9.17) is 14.2 Å². The first-order valence-corrected chi connectivity index (χ1v) is 12.4. The van der Waals surface area contributed by atoms with Gasteiger partial charge in [-0.15, -0.1) is 0 Å². The zero-order valence-electron chi connectivity index (χ0n) is 20.5. The maximum atomic E-state index is 14.8. The Bertz CT molecular complexity index is 1150. The van der Waals surface area contributed by atoms with E-state index >= 15 is 0 Å². The molecular weight excluding hydrogens is 465 g/mol. The van der Waals surface area contributed by atoms with Gasteiger partial charge in [-0.05, 0) is 31.7 Å². The second-order valence-electron chi connectivity index (χ2n) is 9.01. The van der Waals surface area contributed by atoms with Gasteiger partial charge in [0.15, 0.2) is 11.6 Å². The maximum Gasteiger partial charge on any atom is 0.207 e. The van der Waals surface area contributed by atoms with Crippen LogP contribution in [0.5, 0.6) is 5.75 Å². The molecule has 2 N–H and O–H groups in total. The van der Waals surface area contributed by atoms with Crippen molar-refractivity contribution in [2.45, 2.75) is 37.8 Å². The second-order valence-corrected chi connectivity index (χ2v) is 9.01. The van der Waals surface area contributed by atoms with Crippen LogP contribution >= 0.6 is 0 Å². The standard InChI is InChI=1S/C25H32FN7O3/c1-34-11-8-29-24-22(26)25(31-16-30-24)32-17-2-4-19(5-3-17)36-21-15-18(33-9-12-35-13-10-33)14-20-23(21)28-7-6-27-20/h6-7,14-17,19H,2-5,8-13H2,1H3,(H2,29,30,31,32)/t17-,19+. The Balaban J connectivity index is 1.22. The lowest BCUT2D eigenvalue weighted by Gasteiger charge is -2.31. The van der Waals surface area contributed by atoms with Crippen molar-refractivity contribution in [2.24, 2.45) is 0 Å². The molecular formula is C25H32FN7O3. The lowest BCUT2D eigenvalue weighted by Crippen LogP contribution is -2.36. The van der Waals surface area contributed by atoms with Crippen LogP contribution in [0.3, 0.4) is 0 Å². The maximum absolute atomic E-state index is 14.8. The van der Waals surface area contributed by atoms with Gasteiger partial charge in [0.2, 0.25) is 5.82 Å². The monoisotopic (exact) mass is 497 g/mol. The second kappa shape index (κ2) is 11.6. The molecule has 0 amide bonds. The molecule has 1 saturated carbocycles. The molecule has 1 aliphatic carbocycles. The van der Waals surface area contributed by atoms with E-state index in [1.807, 2.05) is 0 Å². The van der Waals surface area contributed by atoms with Crippen LogP contribution in [0.1, 0.15) is 25.7 Å². The largest absolute Gasteiger partial charge is 0.488 e. The van der Waals surface area contributed by atoms with E-state index in [-0.39, 0.29) is 23.8 Å². The molecule has 10 nitrogen and oxygen atoms in total. The summed E-state index contributed by atoms with van der Waals surface area (Å²) in [5.74, 6) is 0.674. The number of fused-ring (bicyclic) bond motifs is 1. The van der Waals surface area contributed by atoms with Crippen LogP contribution in [0.2, 0.25) is 0 Å². The summed E-state index contributed by atoms with van der Waals surface area (Å²) in [5.41, 5.74) is 2.66. The topological polar surface area (TPSA) is 107 Å². The number of hydrogen-bond acceptors (Lipinski definition) is 10. The van der Waals surface area contributed by atoms with Crippen molar-refractivity contribution in [1.29, 1.82) is 0 Å². The third kappa shape index (κ3) is 5.73. The molecule has 2 aliphatic rings. The lowest BCUT2D eigenvalue weighted by atomic mass is 9.93. The summed E-state index contributed by atoms with van der Waals surface area (Å²) in [6, 6.07) is 4.24. The van der Waals surface area contributed by atoms with E-state index in [1.165, 1.54) is 6.33 Å². The summed E-state index contributed by atoms with van der Waals surface area (Å²) in [7, 11) is 1.60. The van der Waals surface area contributed by atoms with Crippen LogP contribution in [0, 0.1) is 5.82 Å². The highest BCUT2D eigenvalue weighted by atomic mass is 19.1. The third-order valence-corrected chi connectivity index (χ3v) is 6.60. The average Bonchev–Trinajstić information content (AvgIpc) is 2.92. The van der Waals surface area contributed by atoms with E-state index in [2.05, 4.69) is 47.6 Å². The molecule has 0 bridgehead atoms. The summed E-state index contributed by atoms with van der Waals surface area (Å²) < 4.78 is 31.8. The number of aromatic nitrogens is 4. The molecule has 1 aromatic carbocycles. The zero-order chi connectivity index (χ0) is 24.7. The normalized spacial score (nSPS) is 20.3. The van der Waals surface area contributed by atoms with Crippen molar-refractivity contribution in [3.63, 3.8) is 0 Å². The van der Waals surface area contributed by atoms with Gasteiger partial charge < -0.3 is 29.7 Å². The SMILES string of the molecule is COCCNc1ncnc(N[C@H]2CC[C@@H](Oc3cc(N4CCOCC4)cc4nccnc34)CC2)c1F. The fraction of sp³-hybridized carbons (Fsp3) is 0.520. The van der Waals surface area contributed by atoms with Crippen molar-refractivity contribution in [3.05, 3.63) is 36.7 Å². The van der Waals surface area contributed by atoms with Crippen LogP contribution in [-0.4, -0.2) is 78.6 Å². The van der Waals surface area contributed by atoms with Crippen LogP contribution in [0.4, 0.5) is 21.7 Å². The summed E-state index contributed by atoms with van der Waals surface area (Å²) in [4.78, 5) is 19.4. The Morgan fingerprint density at radius 3 is 2.61 bits per heavy atom. The molecule has 2 aromatic heterocycles. The highest BCUT2D eigenvalue weighted by Crippen LogP contribution is 2.33. The van der Waals surface area contributed by atoms with E-state index in [1.54, 1.807) is 19.5 Å². The van der Waals surface area contributed by atoms with Gasteiger partial charge in [-0.3, -0.25) is 4.98 Å². The van der Waals surface area contributed by atoms with Gasteiger partial charge in [0.1, 0.15) is 17.6 Å². The number of nitrogens with zero attached hydrogens (tertiary/aromatic N) is 5. The minimum Gasteiger partial charge on any atom is -0.488 e. The molecule has 36 heavy (non-hydrogen) atoms. The molecule has 2 fully saturated rings. The van der Waals surface area contributed by atoms with Crippen molar-refractivity contribution < 1.29 is 18.6 Å². The van der Waals surface area contributed by atoms with E-state index in [0.29, 0.717) is 26.4 Å². The van der Waals surface area contributed by atoms with Crippen molar-refractivity contribution in [2.75, 3.05) is 62.1 Å². The predicted octanol–water partition coefficient (Wildman–Crippen LogP) is 3.26. The first-order chi connectivity index (χ1) is 17.7. The number of hydrogen-bond donors (Lipinski definition) is 2. The fourth-order valence-electron chi connectivity index (χ4n) is 4.69. The predicted molar refractivity (Wildman–Crippen MR) is 135 cm³/mol. The molecule has 1 saturated heterocycles. The van der Waals surface area contributed by atoms with Crippen molar-refractivity contribution >= 4 is 28.4 Å². The Morgan fingerprint density at radius 1 is 1.03 bits per heavy atom. The molecule has 5 rings (SSSR count). The highest BCUT2D eigenvalue weighted by Gasteiger charge is 2.25. The summed E-state index contributed by atoms with van der Waals surface area (Å²) in [6.07, 6.45) is 8.17. The number of nitrogens with one attached hydrogen (secondary N) is 2. The molecule has 192 valence electrons. The van der Waals surface area contributed by atoms with Gasteiger partial charge in [-0.25, -0.2) is 15.0 Å². The van der Waals surface area contributed by atoms with Crippen LogP contribution in [-0.2, 0) is 9.47 Å². The number of anilines is 3. The quantitative estimate of drug-likeness (QED) is 0.428. The first-order valence-electron chi connectivity index (χ1n) is 12.4. The lowest BCUT2D eigenvalue weighted by molar-refractivity contribution is 0.122. The molecule has 3 aromatic rings. The van der Waals surface area contributed by atoms with Gasteiger partial charge in [0, 0.05) is 56.9 Å². The Kier molecular flexibility index (Phi) is 7.87. The molecule has 11 heteroatoms. The van der Waals surface area contributed by atoms with Crippen molar-refractivity contribution in [1.82, 2.24) is 19.9 Å². The van der Waals surface area contributed by atoms with E-state index < -0.39 is 5.82 Å². The van der Waals surface area contributed by atoms with E-state index in [0.717, 1.165) is 61.2 Å². The van der Waals surface area contributed by atoms with Crippen LogP contribution in [0.15, 0.2) is 30.9 Å². The number of methoxy groups -OCH3 is 1. The molecule has 0 radical (unpaired) electrons. The van der Waals surface area contributed by atoms with E-state index in [9.17, 15) is 4.39 Å². The van der Waals surface area contributed by atoms with Crippen molar-refractivity contribution in [3.8, 4) is 5.75 Å². The summed E-state index contributed by atoms with van der Waals surface area (Å²) >= 11 is 0. The Morgan fingerprint density at radius 2 is 1.81 bits per heavy atom. The number of halogens is 1. The highest BCUT2D eigenvalue weighted by molar-refractivity contribution is 5.85. The van der Waals surface area contributed by atoms with Gasteiger partial charge in [-0.1, -0.05) is 0 Å².